The summed E-state index contributed by atoms with van der Waals surface area (Å²) < 4.78 is 0. The Bertz CT molecular complexity index is 1740. The van der Waals surface area contributed by atoms with Crippen LogP contribution in [0.5, 0.6) is 0 Å². The molecule has 0 aliphatic carbocycles. The average Bonchev–Trinajstić information content (AvgIpc) is 3.03. The van der Waals surface area contributed by atoms with Crippen LogP contribution in [0.3, 0.4) is 0 Å². The van der Waals surface area contributed by atoms with Crippen molar-refractivity contribution in [2.75, 3.05) is 0 Å². The number of aromatic nitrogens is 1. The molecule has 4 rings (SSSR count). The molecule has 1 aromatic heterocycles. The summed E-state index contributed by atoms with van der Waals surface area (Å²) in [6.07, 6.45) is 0. The molecule has 0 saturated carbocycles. The van der Waals surface area contributed by atoms with Gasteiger partial charge in [0.25, 0.3) is 0 Å². The summed E-state index contributed by atoms with van der Waals surface area (Å²) in [5.74, 6) is 2.39. The zero-order valence-corrected chi connectivity index (χ0v) is 34.7. The normalized spacial score (nSPS) is 12.8. The molecule has 0 aliphatic rings. The van der Waals surface area contributed by atoms with Gasteiger partial charge in [-0.1, -0.05) is 132 Å². The van der Waals surface area contributed by atoms with Gasteiger partial charge in [-0.05, 0) is 94.2 Å². The number of hydrogen-bond donors (Lipinski definition) is 0. The van der Waals surface area contributed by atoms with Crippen molar-refractivity contribution in [2.24, 2.45) is 9.98 Å². The molecule has 6 heteroatoms. The van der Waals surface area contributed by atoms with Crippen molar-refractivity contribution in [1.29, 1.82) is 0 Å². The summed E-state index contributed by atoms with van der Waals surface area (Å²) >= 11 is 0.194. The quantitative estimate of drug-likeness (QED) is 0.118. The Balaban J connectivity index is 0.00000209. The molecule has 0 bridgehead atoms. The van der Waals surface area contributed by atoms with E-state index in [4.69, 9.17) is 35.2 Å². The molecule has 49 heavy (non-hydrogen) atoms. The monoisotopic (exact) mass is 741 g/mol. The first kappa shape index (κ1) is 40.9. The Labute approximate surface area is 312 Å². The van der Waals surface area contributed by atoms with Gasteiger partial charge in [-0.25, -0.2) is 4.98 Å². The number of rotatable bonds is 10. The van der Waals surface area contributed by atoms with Crippen molar-refractivity contribution in [3.63, 3.8) is 0 Å². The van der Waals surface area contributed by atoms with Gasteiger partial charge >= 0.3 is 33.3 Å². The van der Waals surface area contributed by atoms with Crippen LogP contribution in [-0.4, -0.2) is 16.4 Å². The van der Waals surface area contributed by atoms with Gasteiger partial charge in [0.05, 0.1) is 34.2 Å². The van der Waals surface area contributed by atoms with E-state index in [0.717, 1.165) is 45.0 Å². The van der Waals surface area contributed by atoms with Crippen molar-refractivity contribution in [3.8, 4) is 0 Å². The maximum atomic E-state index is 5.42. The fraction of sp³-hybridized carbons (Fsp3) is 0.465. The minimum absolute atomic E-state index is 0.194. The zero-order chi connectivity index (χ0) is 36.7. The molecule has 3 nitrogen and oxygen atoms in total. The Morgan fingerprint density at radius 2 is 0.918 bits per heavy atom. The molecule has 0 N–H and O–H groups in total. The van der Waals surface area contributed by atoms with Crippen molar-refractivity contribution in [1.82, 2.24) is 4.98 Å². The molecule has 0 amide bonds. The van der Waals surface area contributed by atoms with E-state index in [9.17, 15) is 0 Å². The van der Waals surface area contributed by atoms with Gasteiger partial charge in [0, 0.05) is 5.39 Å². The Morgan fingerprint density at radius 3 is 1.29 bits per heavy atom. The zero-order valence-electron chi connectivity index (χ0n) is 32.1. The molecule has 3 aromatic carbocycles. The van der Waals surface area contributed by atoms with Crippen LogP contribution in [0.15, 0.2) is 64.6 Å². The second-order valence-corrected chi connectivity index (χ2v) is 16.9. The number of nitrogens with zero attached hydrogens (tertiary/aromatic N) is 3. The van der Waals surface area contributed by atoms with E-state index >= 15 is 0 Å². The van der Waals surface area contributed by atoms with Crippen molar-refractivity contribution in [3.05, 3.63) is 99.4 Å². The van der Waals surface area contributed by atoms with E-state index in [2.05, 4.69) is 152 Å². The fourth-order valence-electron chi connectivity index (χ4n) is 6.20. The number of fused-ring (bicyclic) bond motifs is 1. The fourth-order valence-corrected chi connectivity index (χ4v) is 6.20. The van der Waals surface area contributed by atoms with Crippen LogP contribution in [0.2, 0.25) is 0 Å². The first-order chi connectivity index (χ1) is 23.0. The first-order valence-electron chi connectivity index (χ1n) is 17.7. The maximum absolute atomic E-state index is 5.42. The van der Waals surface area contributed by atoms with E-state index < -0.39 is 0 Å². The van der Waals surface area contributed by atoms with E-state index in [1.165, 1.54) is 33.4 Å². The Hall–Kier alpha value is -2.49. The third-order valence-corrected chi connectivity index (χ3v) is 9.22. The Morgan fingerprint density at radius 1 is 0.551 bits per heavy atom. The first-order valence-corrected chi connectivity index (χ1v) is 20.8. The molecule has 0 aliphatic heterocycles. The number of aliphatic imine (C=N–C) groups is 2. The van der Waals surface area contributed by atoms with E-state index in [0.29, 0.717) is 35.5 Å². The summed E-state index contributed by atoms with van der Waals surface area (Å²) in [6.45, 7) is 31.5. The van der Waals surface area contributed by atoms with Crippen LogP contribution in [0, 0.1) is 0 Å². The van der Waals surface area contributed by atoms with Crippen molar-refractivity contribution < 1.29 is 13.1 Å². The van der Waals surface area contributed by atoms with Crippen molar-refractivity contribution in [2.45, 2.75) is 132 Å². The van der Waals surface area contributed by atoms with E-state index in [1.54, 1.807) is 0 Å². The third kappa shape index (κ3) is 10.1. The van der Waals surface area contributed by atoms with Crippen LogP contribution >= 0.6 is 20.2 Å². The second-order valence-electron chi connectivity index (χ2n) is 15.0. The van der Waals surface area contributed by atoms with Crippen LogP contribution in [0.1, 0.15) is 177 Å². The predicted molar refractivity (Wildman–Crippen MR) is 215 cm³/mol. The number of halogens is 2. The second kappa shape index (κ2) is 18.1. The molecule has 4 aromatic rings. The summed E-state index contributed by atoms with van der Waals surface area (Å²) in [5, 5.41) is 2.27. The molecule has 266 valence electrons. The van der Waals surface area contributed by atoms with Crippen LogP contribution < -0.4 is 0 Å². The van der Waals surface area contributed by atoms with Crippen molar-refractivity contribution >= 4 is 53.8 Å². The molecule has 0 unspecified atom stereocenters. The van der Waals surface area contributed by atoms with Gasteiger partial charge in [0.2, 0.25) is 0 Å². The van der Waals surface area contributed by atoms with Gasteiger partial charge < -0.3 is 0 Å². The van der Waals surface area contributed by atoms with Gasteiger partial charge in [-0.3, -0.25) is 9.98 Å². The molecule has 0 spiro atoms. The standard InChI is InChI=1S/C43H57N3.2ClH.Fe/c1-24(2)33-19-36(26(5)6)42(37(20-33)27(7)8)44-30(13)40-23-32-17-15-16-18-35(32)41(46-40)31(14)45-43-38(28(9)10)21-34(25(3)4)22-39(43)29(11)12;;;/h15-29H,1-14H3;2*1H;/q;;;+2/p-2. The Kier molecular flexibility index (Phi) is 15.1. The molecular weight excluding hydrogens is 685 g/mol. The molecule has 0 radical (unpaired) electrons. The average molecular weight is 743 g/mol. The number of benzene rings is 3. The van der Waals surface area contributed by atoms with Gasteiger partial charge in [-0.2, -0.15) is 0 Å². The van der Waals surface area contributed by atoms with Crippen LogP contribution in [0.25, 0.3) is 10.8 Å². The summed E-state index contributed by atoms with van der Waals surface area (Å²) in [5.41, 5.74) is 13.8. The summed E-state index contributed by atoms with van der Waals surface area (Å²) in [4.78, 5) is 16.1. The van der Waals surface area contributed by atoms with Crippen LogP contribution in [-0.2, 0) is 13.1 Å². The number of pyridine rings is 1. The topological polar surface area (TPSA) is 37.6 Å². The molecule has 0 saturated heterocycles. The molecule has 0 atom stereocenters. The summed E-state index contributed by atoms with van der Waals surface area (Å²) in [7, 11) is 9.53. The van der Waals surface area contributed by atoms with Gasteiger partial charge in [0.1, 0.15) is 0 Å². The summed E-state index contributed by atoms with van der Waals surface area (Å²) in [6, 6.07) is 20.2. The van der Waals surface area contributed by atoms with E-state index in [-0.39, 0.29) is 13.1 Å². The van der Waals surface area contributed by atoms with Gasteiger partial charge in [0.15, 0.2) is 0 Å². The third-order valence-electron chi connectivity index (χ3n) is 9.22. The van der Waals surface area contributed by atoms with E-state index in [1.807, 2.05) is 0 Å². The SMILES string of the molecule is CC(=Nc1c(C(C)C)cc(C(C)C)cc1C(C)C)c1cc2ccccc2c(C(C)=Nc2c(C(C)C)cc(C(C)C)cc2C(C)C)n1.[Cl][Fe][Cl]. The number of hydrogen-bond acceptors (Lipinski definition) is 3. The van der Waals surface area contributed by atoms with Crippen LogP contribution in [0.4, 0.5) is 11.4 Å². The molecular formula is C43H57Cl2FeN3. The minimum atomic E-state index is 0.194. The van der Waals surface area contributed by atoms with Gasteiger partial charge in [-0.15, -0.1) is 0 Å². The molecule has 1 heterocycles. The predicted octanol–water partition coefficient (Wildman–Crippen LogP) is 14.6. The molecule has 0 fully saturated rings.